The number of benzene rings is 10. The van der Waals surface area contributed by atoms with E-state index < -0.39 is 0 Å². The summed E-state index contributed by atoms with van der Waals surface area (Å²) in [5, 5.41) is 4.32. The van der Waals surface area contributed by atoms with E-state index >= 15 is 0 Å². The molecule has 7 heteroatoms. The Labute approximate surface area is 411 Å². The van der Waals surface area contributed by atoms with Crippen LogP contribution in [0.3, 0.4) is 0 Å². The van der Waals surface area contributed by atoms with Crippen LogP contribution in [0.25, 0.3) is 43.9 Å². The van der Waals surface area contributed by atoms with Gasteiger partial charge in [-0.2, -0.15) is 0 Å². The zero-order valence-corrected chi connectivity index (χ0v) is 39.5. The van der Waals surface area contributed by atoms with Crippen molar-refractivity contribution in [2.24, 2.45) is 0 Å². The molecule has 15 rings (SSSR count). The molecule has 0 unspecified atom stereocenters. The first kappa shape index (κ1) is 40.0. The normalized spacial score (nSPS) is 13.5. The Morgan fingerprint density at radius 1 is 0.394 bits per heavy atom. The molecule has 0 bridgehead atoms. The van der Waals surface area contributed by atoms with Crippen molar-refractivity contribution in [2.45, 2.75) is 26.2 Å². The predicted molar refractivity (Wildman–Crippen MR) is 297 cm³/mol. The molecular weight excluding hydrogens is 868 g/mol. The van der Waals surface area contributed by atoms with E-state index in [1.54, 1.807) is 0 Å². The Kier molecular flexibility index (Phi) is 8.33. The fourth-order valence-electron chi connectivity index (χ4n) is 12.0. The minimum absolute atomic E-state index is 0.162. The molecule has 0 fully saturated rings. The second-order valence-corrected chi connectivity index (χ2v) is 20.0. The Morgan fingerprint density at radius 2 is 0.831 bits per heavy atom. The SMILES string of the molecule is CC(C)(C)c1cc2c3c(c1)N(c1ccccc1)c1c4c(cc5oc6ccccc6c15)N(c1ccccc1)c1c(c(cc5oc6c(N(c7ccccc7)c7ccccc7)cccc6c15)N2c1ccccc1)B34. The van der Waals surface area contributed by atoms with E-state index in [4.69, 9.17) is 8.83 Å². The van der Waals surface area contributed by atoms with E-state index in [0.717, 1.165) is 101 Å². The fourth-order valence-corrected chi connectivity index (χ4v) is 12.0. The molecule has 0 radical (unpaired) electrons. The van der Waals surface area contributed by atoms with Crippen LogP contribution in [0.2, 0.25) is 0 Å². The van der Waals surface area contributed by atoms with E-state index in [2.05, 4.69) is 259 Å². The summed E-state index contributed by atoms with van der Waals surface area (Å²) in [4.78, 5) is 9.90. The molecule has 0 spiro atoms. The summed E-state index contributed by atoms with van der Waals surface area (Å²) in [7, 11) is 0. The Morgan fingerprint density at radius 3 is 1.39 bits per heavy atom. The van der Waals surface area contributed by atoms with E-state index in [1.165, 1.54) is 33.3 Å². The van der Waals surface area contributed by atoms with Crippen molar-refractivity contribution in [3.8, 4) is 0 Å². The lowest BCUT2D eigenvalue weighted by Gasteiger charge is -2.50. The molecule has 0 saturated heterocycles. The van der Waals surface area contributed by atoms with Crippen molar-refractivity contribution < 1.29 is 8.83 Å². The highest BCUT2D eigenvalue weighted by Crippen LogP contribution is 2.57. The van der Waals surface area contributed by atoms with Gasteiger partial charge in [-0.1, -0.05) is 142 Å². The summed E-state index contributed by atoms with van der Waals surface area (Å²) in [5.41, 5.74) is 21.3. The Hall–Kier alpha value is -8.94. The third-order valence-corrected chi connectivity index (χ3v) is 15.0. The average Bonchev–Trinajstić information content (AvgIpc) is 3.99. The second kappa shape index (κ2) is 14.8. The monoisotopic (exact) mass is 912 g/mol. The van der Waals surface area contributed by atoms with Crippen LogP contribution in [0.5, 0.6) is 0 Å². The van der Waals surface area contributed by atoms with Gasteiger partial charge in [0.15, 0.2) is 5.58 Å². The van der Waals surface area contributed by atoms with Gasteiger partial charge in [0.25, 0.3) is 6.71 Å². The zero-order valence-electron chi connectivity index (χ0n) is 39.5. The number of hydrogen-bond acceptors (Lipinski definition) is 6. The minimum atomic E-state index is -0.180. The highest BCUT2D eigenvalue weighted by atomic mass is 16.3. The fraction of sp³-hybridized carbons (Fsp3) is 0.0625. The van der Waals surface area contributed by atoms with Crippen molar-refractivity contribution in [1.82, 2.24) is 0 Å². The molecule has 10 aromatic carbocycles. The first-order valence-corrected chi connectivity index (χ1v) is 24.5. The number of hydrogen-bond donors (Lipinski definition) is 0. The van der Waals surface area contributed by atoms with Crippen molar-refractivity contribution in [2.75, 3.05) is 19.6 Å². The lowest BCUT2D eigenvalue weighted by Crippen LogP contribution is -2.65. The molecule has 0 saturated carbocycles. The molecule has 6 nitrogen and oxygen atoms in total. The van der Waals surface area contributed by atoms with E-state index in [1.807, 2.05) is 0 Å². The highest BCUT2D eigenvalue weighted by molar-refractivity contribution is 7.03. The molecule has 5 heterocycles. The van der Waals surface area contributed by atoms with Gasteiger partial charge in [-0.25, -0.2) is 0 Å². The van der Waals surface area contributed by atoms with Gasteiger partial charge in [-0.05, 0) is 112 Å². The maximum Gasteiger partial charge on any atom is 0.257 e. The van der Waals surface area contributed by atoms with E-state index in [9.17, 15) is 0 Å². The number of para-hydroxylation sites is 7. The summed E-state index contributed by atoms with van der Waals surface area (Å²) in [6.07, 6.45) is 0. The van der Waals surface area contributed by atoms with Gasteiger partial charge in [0.2, 0.25) is 0 Å². The molecule has 0 amide bonds. The molecule has 336 valence electrons. The van der Waals surface area contributed by atoms with Gasteiger partial charge in [0.1, 0.15) is 16.7 Å². The van der Waals surface area contributed by atoms with Gasteiger partial charge < -0.3 is 28.4 Å². The molecule has 0 N–H and O–H groups in total. The molecule has 2 aromatic heterocycles. The molecule has 3 aliphatic rings. The van der Waals surface area contributed by atoms with E-state index in [0.29, 0.717) is 0 Å². The van der Waals surface area contributed by atoms with Gasteiger partial charge >= 0.3 is 0 Å². The van der Waals surface area contributed by atoms with Crippen LogP contribution in [0.1, 0.15) is 26.3 Å². The first-order chi connectivity index (χ1) is 34.9. The summed E-state index contributed by atoms with van der Waals surface area (Å²) in [5.74, 6) is 0. The van der Waals surface area contributed by atoms with Crippen molar-refractivity contribution in [3.05, 3.63) is 224 Å². The van der Waals surface area contributed by atoms with Crippen molar-refractivity contribution in [1.29, 1.82) is 0 Å². The largest absolute Gasteiger partial charge is 0.456 e. The van der Waals surface area contributed by atoms with Gasteiger partial charge in [0.05, 0.1) is 27.8 Å². The van der Waals surface area contributed by atoms with Crippen LogP contribution < -0.4 is 36.0 Å². The number of furan rings is 2. The standard InChI is InChI=1S/C64H45BN4O2/c1-64(2,3)40-36-49-58-50(37-40)68(44-28-15-7-16-29-44)61-56-46-32-19-20-35-53(46)70-54(56)39-52-60(61)65(58)59-51(67(49)43-26-13-6-14-27-43)38-55-57(62(59)69(52)45-30-17-8-18-31-45)47-33-21-34-48(63(47)71-55)66(41-22-9-4-10-23-41)42-24-11-5-12-25-42/h4-39H,1-3H3. The van der Waals surface area contributed by atoms with Gasteiger partial charge in [-0.3, -0.25) is 0 Å². The molecule has 71 heavy (non-hydrogen) atoms. The van der Waals surface area contributed by atoms with Gasteiger partial charge in [-0.15, -0.1) is 0 Å². The lowest BCUT2D eigenvalue weighted by atomic mass is 9.31. The smallest absolute Gasteiger partial charge is 0.257 e. The van der Waals surface area contributed by atoms with Crippen LogP contribution in [0, 0.1) is 0 Å². The Bertz CT molecular complexity index is 4070. The third-order valence-electron chi connectivity index (χ3n) is 15.0. The van der Waals surface area contributed by atoms with Crippen LogP contribution in [0.4, 0.5) is 68.2 Å². The predicted octanol–water partition coefficient (Wildman–Crippen LogP) is 16.1. The summed E-state index contributed by atoms with van der Waals surface area (Å²) in [6.45, 7) is 6.82. The topological polar surface area (TPSA) is 39.2 Å². The summed E-state index contributed by atoms with van der Waals surface area (Å²) < 4.78 is 14.5. The minimum Gasteiger partial charge on any atom is -0.456 e. The summed E-state index contributed by atoms with van der Waals surface area (Å²) >= 11 is 0. The molecular formula is C64H45BN4O2. The van der Waals surface area contributed by atoms with Crippen molar-refractivity contribution in [3.63, 3.8) is 0 Å². The second-order valence-electron chi connectivity index (χ2n) is 20.0. The van der Waals surface area contributed by atoms with Crippen LogP contribution in [0.15, 0.2) is 227 Å². The number of rotatable bonds is 6. The Balaban J connectivity index is 1.16. The summed E-state index contributed by atoms with van der Waals surface area (Å²) in [6, 6.07) is 78.7. The molecule has 12 aromatic rings. The highest BCUT2D eigenvalue weighted by Gasteiger charge is 2.52. The zero-order chi connectivity index (χ0) is 47.1. The average molecular weight is 913 g/mol. The van der Waals surface area contributed by atoms with Crippen LogP contribution >= 0.6 is 0 Å². The van der Waals surface area contributed by atoms with Crippen molar-refractivity contribution >= 4 is 135 Å². The number of anilines is 12. The number of fused-ring (bicyclic) bond motifs is 8. The van der Waals surface area contributed by atoms with Gasteiger partial charge in [0, 0.05) is 74.1 Å². The maximum absolute atomic E-state index is 7.50. The van der Waals surface area contributed by atoms with Crippen LogP contribution in [-0.2, 0) is 5.41 Å². The van der Waals surface area contributed by atoms with Crippen LogP contribution in [-0.4, -0.2) is 6.71 Å². The molecule has 0 aliphatic carbocycles. The molecule has 3 aliphatic heterocycles. The molecule has 0 atom stereocenters. The maximum atomic E-state index is 7.50. The quantitative estimate of drug-likeness (QED) is 0.155. The van der Waals surface area contributed by atoms with E-state index in [-0.39, 0.29) is 12.1 Å². The lowest BCUT2D eigenvalue weighted by molar-refractivity contribution is 0.590. The number of nitrogens with zero attached hydrogens (tertiary/aromatic N) is 4. The third kappa shape index (κ3) is 5.66. The first-order valence-electron chi connectivity index (χ1n) is 24.5.